The van der Waals surface area contributed by atoms with Crippen LogP contribution in [0.2, 0.25) is 0 Å². The molecular formula is C17H19FN2O. The minimum Gasteiger partial charge on any atom is -0.323 e. The molecular weight excluding hydrogens is 267 g/mol. The molecule has 0 fully saturated rings. The monoisotopic (exact) mass is 286 g/mol. The average Bonchev–Trinajstić information content (AvgIpc) is 2.41. The van der Waals surface area contributed by atoms with E-state index in [0.29, 0.717) is 6.54 Å². The lowest BCUT2D eigenvalue weighted by molar-refractivity contribution is 0.220. The van der Waals surface area contributed by atoms with E-state index in [-0.39, 0.29) is 11.8 Å². The molecule has 0 aromatic heterocycles. The maximum Gasteiger partial charge on any atom is 0.321 e. The molecule has 0 saturated carbocycles. The van der Waals surface area contributed by atoms with Gasteiger partial charge in [0.1, 0.15) is 5.82 Å². The Balaban J connectivity index is 2.02. The van der Waals surface area contributed by atoms with E-state index in [9.17, 15) is 9.18 Å². The molecule has 0 spiro atoms. The van der Waals surface area contributed by atoms with E-state index in [1.165, 1.54) is 17.0 Å². The number of urea groups is 1. The van der Waals surface area contributed by atoms with Gasteiger partial charge in [-0.2, -0.15) is 0 Å². The Bertz CT molecular complexity index is 655. The third-order valence-electron chi connectivity index (χ3n) is 3.28. The molecule has 2 rings (SSSR count). The fourth-order valence-corrected chi connectivity index (χ4v) is 2.15. The molecule has 1 N–H and O–H groups in total. The third kappa shape index (κ3) is 4.05. The molecule has 0 atom stereocenters. The van der Waals surface area contributed by atoms with Crippen LogP contribution in [0.15, 0.2) is 42.5 Å². The second-order valence-electron chi connectivity index (χ2n) is 5.23. The smallest absolute Gasteiger partial charge is 0.321 e. The molecule has 3 nitrogen and oxygen atoms in total. The van der Waals surface area contributed by atoms with Crippen molar-refractivity contribution in [2.45, 2.75) is 20.4 Å². The first-order valence-corrected chi connectivity index (χ1v) is 6.79. The van der Waals surface area contributed by atoms with Crippen LogP contribution < -0.4 is 5.32 Å². The molecule has 0 radical (unpaired) electrons. The van der Waals surface area contributed by atoms with Crippen LogP contribution in [0.1, 0.15) is 16.7 Å². The van der Waals surface area contributed by atoms with Gasteiger partial charge in [0.2, 0.25) is 0 Å². The van der Waals surface area contributed by atoms with Crippen molar-refractivity contribution in [1.29, 1.82) is 0 Å². The number of carbonyl (C=O) groups is 1. The highest BCUT2D eigenvalue weighted by Gasteiger charge is 2.11. The Labute approximate surface area is 124 Å². The van der Waals surface area contributed by atoms with E-state index in [0.717, 1.165) is 22.4 Å². The Morgan fingerprint density at radius 2 is 1.95 bits per heavy atom. The van der Waals surface area contributed by atoms with Crippen LogP contribution in [-0.2, 0) is 6.54 Å². The first-order chi connectivity index (χ1) is 9.95. The van der Waals surface area contributed by atoms with Crippen molar-refractivity contribution in [3.8, 4) is 0 Å². The van der Waals surface area contributed by atoms with Gasteiger partial charge in [0.15, 0.2) is 0 Å². The summed E-state index contributed by atoms with van der Waals surface area (Å²) in [6.45, 7) is 4.32. The van der Waals surface area contributed by atoms with Gasteiger partial charge in [0.25, 0.3) is 0 Å². The maximum atomic E-state index is 13.1. The topological polar surface area (TPSA) is 32.3 Å². The molecule has 0 aliphatic heterocycles. The average molecular weight is 286 g/mol. The van der Waals surface area contributed by atoms with E-state index in [2.05, 4.69) is 5.32 Å². The lowest BCUT2D eigenvalue weighted by Gasteiger charge is -2.19. The molecule has 0 aliphatic rings. The fraction of sp³-hybridized carbons (Fsp3) is 0.235. The highest BCUT2D eigenvalue weighted by Crippen LogP contribution is 2.17. The summed E-state index contributed by atoms with van der Waals surface area (Å²) in [5.41, 5.74) is 3.71. The van der Waals surface area contributed by atoms with Crippen molar-refractivity contribution in [2.75, 3.05) is 12.4 Å². The van der Waals surface area contributed by atoms with Crippen LogP contribution >= 0.6 is 0 Å². The summed E-state index contributed by atoms with van der Waals surface area (Å²) in [5.74, 6) is -0.296. The zero-order valence-corrected chi connectivity index (χ0v) is 12.5. The number of benzene rings is 2. The summed E-state index contributed by atoms with van der Waals surface area (Å²) in [5, 5.41) is 2.87. The number of nitrogens with one attached hydrogen (secondary N) is 1. The number of hydrogen-bond donors (Lipinski definition) is 1. The zero-order valence-electron chi connectivity index (χ0n) is 12.5. The highest BCUT2D eigenvalue weighted by atomic mass is 19.1. The molecule has 2 aromatic rings. The summed E-state index contributed by atoms with van der Waals surface area (Å²) in [7, 11) is 1.68. The molecule has 0 aliphatic carbocycles. The first kappa shape index (κ1) is 15.0. The van der Waals surface area contributed by atoms with E-state index < -0.39 is 0 Å². The van der Waals surface area contributed by atoms with Gasteiger partial charge in [-0.15, -0.1) is 0 Å². The van der Waals surface area contributed by atoms with Gasteiger partial charge in [-0.3, -0.25) is 0 Å². The zero-order chi connectivity index (χ0) is 15.4. The summed E-state index contributed by atoms with van der Waals surface area (Å²) in [6.07, 6.45) is 0. The predicted octanol–water partition coefficient (Wildman–Crippen LogP) is 4.11. The number of hydrogen-bond acceptors (Lipinski definition) is 1. The molecule has 0 unspecified atom stereocenters. The van der Waals surface area contributed by atoms with E-state index in [4.69, 9.17) is 0 Å². The second kappa shape index (κ2) is 6.39. The quantitative estimate of drug-likeness (QED) is 0.905. The SMILES string of the molecule is Cc1ccc(NC(=O)N(C)Cc2cccc(F)c2)c(C)c1. The Hall–Kier alpha value is -2.36. The van der Waals surface area contributed by atoms with Crippen molar-refractivity contribution in [2.24, 2.45) is 0 Å². The van der Waals surface area contributed by atoms with Crippen LogP contribution in [0.25, 0.3) is 0 Å². The lowest BCUT2D eigenvalue weighted by atomic mass is 10.1. The summed E-state index contributed by atoms with van der Waals surface area (Å²) >= 11 is 0. The number of amides is 2. The highest BCUT2D eigenvalue weighted by molar-refractivity contribution is 5.90. The minimum atomic E-state index is -0.296. The van der Waals surface area contributed by atoms with Crippen LogP contribution in [0.5, 0.6) is 0 Å². The molecule has 4 heteroatoms. The summed E-state index contributed by atoms with van der Waals surface area (Å²) in [4.78, 5) is 13.7. The van der Waals surface area contributed by atoms with Crippen LogP contribution in [-0.4, -0.2) is 18.0 Å². The van der Waals surface area contributed by atoms with Crippen molar-refractivity contribution < 1.29 is 9.18 Å². The largest absolute Gasteiger partial charge is 0.323 e. The van der Waals surface area contributed by atoms with Crippen molar-refractivity contribution in [3.05, 3.63) is 65.0 Å². The Morgan fingerprint density at radius 3 is 2.62 bits per heavy atom. The number of rotatable bonds is 3. The Morgan fingerprint density at radius 1 is 1.19 bits per heavy atom. The van der Waals surface area contributed by atoms with Gasteiger partial charge >= 0.3 is 6.03 Å². The molecule has 0 bridgehead atoms. The summed E-state index contributed by atoms with van der Waals surface area (Å²) in [6, 6.07) is 11.9. The normalized spacial score (nSPS) is 10.3. The van der Waals surface area contributed by atoms with Crippen molar-refractivity contribution in [1.82, 2.24) is 4.90 Å². The van der Waals surface area contributed by atoms with E-state index in [1.807, 2.05) is 32.0 Å². The molecule has 0 heterocycles. The van der Waals surface area contributed by atoms with Crippen molar-refractivity contribution >= 4 is 11.7 Å². The number of halogens is 1. The maximum absolute atomic E-state index is 13.1. The number of aryl methyl sites for hydroxylation is 2. The van der Waals surface area contributed by atoms with Gasteiger partial charge in [0, 0.05) is 19.3 Å². The molecule has 2 aromatic carbocycles. The lowest BCUT2D eigenvalue weighted by Crippen LogP contribution is -2.31. The third-order valence-corrected chi connectivity index (χ3v) is 3.28. The summed E-state index contributed by atoms with van der Waals surface area (Å²) < 4.78 is 13.1. The second-order valence-corrected chi connectivity index (χ2v) is 5.23. The number of nitrogens with zero attached hydrogens (tertiary/aromatic N) is 1. The van der Waals surface area contributed by atoms with Gasteiger partial charge < -0.3 is 10.2 Å². The van der Waals surface area contributed by atoms with Gasteiger partial charge in [-0.1, -0.05) is 29.8 Å². The Kier molecular flexibility index (Phi) is 4.58. The van der Waals surface area contributed by atoms with Gasteiger partial charge in [-0.25, -0.2) is 9.18 Å². The molecule has 110 valence electrons. The van der Waals surface area contributed by atoms with Crippen LogP contribution in [0.3, 0.4) is 0 Å². The van der Waals surface area contributed by atoms with Crippen LogP contribution in [0, 0.1) is 19.7 Å². The van der Waals surface area contributed by atoms with E-state index in [1.54, 1.807) is 19.2 Å². The van der Waals surface area contributed by atoms with Gasteiger partial charge in [-0.05, 0) is 43.2 Å². The molecule has 2 amide bonds. The van der Waals surface area contributed by atoms with Crippen molar-refractivity contribution in [3.63, 3.8) is 0 Å². The van der Waals surface area contributed by atoms with Crippen LogP contribution in [0.4, 0.5) is 14.9 Å². The molecule has 0 saturated heterocycles. The predicted molar refractivity (Wildman–Crippen MR) is 82.8 cm³/mol. The minimum absolute atomic E-state index is 0.216. The fourth-order valence-electron chi connectivity index (χ4n) is 2.15. The standard InChI is InChI=1S/C17H19FN2O/c1-12-7-8-16(13(2)9-12)19-17(21)20(3)11-14-5-4-6-15(18)10-14/h4-10H,11H2,1-3H3,(H,19,21). The number of carbonyl (C=O) groups excluding carboxylic acids is 1. The van der Waals surface area contributed by atoms with Gasteiger partial charge in [0.05, 0.1) is 0 Å². The number of anilines is 1. The molecule has 21 heavy (non-hydrogen) atoms. The first-order valence-electron chi connectivity index (χ1n) is 6.79. The van der Waals surface area contributed by atoms with E-state index >= 15 is 0 Å².